The van der Waals surface area contributed by atoms with Crippen LogP contribution in [-0.4, -0.2) is 9.38 Å². The van der Waals surface area contributed by atoms with Crippen LogP contribution in [0.3, 0.4) is 0 Å². The molecule has 2 rings (SSSR count). The van der Waals surface area contributed by atoms with E-state index in [2.05, 4.69) is 4.98 Å². The Bertz CT molecular complexity index is 514. The van der Waals surface area contributed by atoms with Crippen LogP contribution in [0.25, 0.3) is 5.65 Å². The van der Waals surface area contributed by atoms with Crippen LogP contribution in [-0.2, 0) is 0 Å². The van der Waals surface area contributed by atoms with Crippen molar-refractivity contribution in [1.82, 2.24) is 9.38 Å². The molecule has 0 saturated heterocycles. The Morgan fingerprint density at radius 3 is 2.85 bits per heavy atom. The first-order valence-corrected chi connectivity index (χ1v) is 4.14. The Hall–Kier alpha value is -1.64. The minimum absolute atomic E-state index is 0.0133. The lowest BCUT2D eigenvalue weighted by Crippen LogP contribution is -2.16. The first kappa shape index (κ1) is 7.98. The van der Waals surface area contributed by atoms with Gasteiger partial charge in [-0.1, -0.05) is 6.07 Å². The summed E-state index contributed by atoms with van der Waals surface area (Å²) in [5, 5.41) is 0. The third-order valence-corrected chi connectivity index (χ3v) is 2.01. The van der Waals surface area contributed by atoms with Crippen molar-refractivity contribution in [2.45, 2.75) is 13.8 Å². The number of aryl methyl sites for hydroxylation is 2. The summed E-state index contributed by atoms with van der Waals surface area (Å²) in [7, 11) is 0. The predicted molar refractivity (Wildman–Crippen MR) is 50.9 cm³/mol. The zero-order valence-electron chi connectivity index (χ0n) is 7.61. The standard InChI is InChI=1S/C10H10N2O/c1-7-6-10(13)12-8(2)4-3-5-9(12)11-7/h3-6H,1-2H3. The van der Waals surface area contributed by atoms with Crippen molar-refractivity contribution in [3.05, 3.63) is 46.0 Å². The number of hydrogen-bond donors (Lipinski definition) is 0. The van der Waals surface area contributed by atoms with E-state index in [1.165, 1.54) is 0 Å². The topological polar surface area (TPSA) is 34.4 Å². The Kier molecular flexibility index (Phi) is 1.65. The van der Waals surface area contributed by atoms with E-state index in [0.717, 1.165) is 11.4 Å². The molecule has 0 aromatic carbocycles. The summed E-state index contributed by atoms with van der Waals surface area (Å²) in [4.78, 5) is 15.8. The average Bonchev–Trinajstić information content (AvgIpc) is 2.02. The minimum Gasteiger partial charge on any atom is -0.269 e. The Morgan fingerprint density at radius 1 is 1.31 bits per heavy atom. The summed E-state index contributed by atoms with van der Waals surface area (Å²) in [5.74, 6) is 0. The van der Waals surface area contributed by atoms with Gasteiger partial charge in [-0.2, -0.15) is 0 Å². The normalized spacial score (nSPS) is 10.6. The number of aromatic nitrogens is 2. The molecular weight excluding hydrogens is 164 g/mol. The fourth-order valence-corrected chi connectivity index (χ4v) is 1.43. The fourth-order valence-electron chi connectivity index (χ4n) is 1.43. The van der Waals surface area contributed by atoms with Crippen molar-refractivity contribution in [3.63, 3.8) is 0 Å². The molecule has 0 aliphatic carbocycles. The third-order valence-electron chi connectivity index (χ3n) is 2.01. The van der Waals surface area contributed by atoms with Gasteiger partial charge < -0.3 is 0 Å². The van der Waals surface area contributed by atoms with Crippen LogP contribution in [0.5, 0.6) is 0 Å². The maximum absolute atomic E-state index is 11.5. The lowest BCUT2D eigenvalue weighted by atomic mass is 10.3. The summed E-state index contributed by atoms with van der Waals surface area (Å²) >= 11 is 0. The summed E-state index contributed by atoms with van der Waals surface area (Å²) < 4.78 is 1.60. The monoisotopic (exact) mass is 174 g/mol. The second-order valence-electron chi connectivity index (χ2n) is 3.10. The Labute approximate surface area is 75.7 Å². The van der Waals surface area contributed by atoms with Crippen molar-refractivity contribution in [2.24, 2.45) is 0 Å². The van der Waals surface area contributed by atoms with Crippen molar-refractivity contribution < 1.29 is 0 Å². The van der Waals surface area contributed by atoms with Crippen LogP contribution < -0.4 is 5.56 Å². The second kappa shape index (κ2) is 2.69. The van der Waals surface area contributed by atoms with E-state index in [1.807, 2.05) is 32.0 Å². The predicted octanol–water partition coefficient (Wildman–Crippen LogP) is 1.31. The molecule has 0 unspecified atom stereocenters. The minimum atomic E-state index is -0.0133. The molecule has 0 bridgehead atoms. The Balaban J connectivity index is 3.03. The highest BCUT2D eigenvalue weighted by molar-refractivity contribution is 5.39. The lowest BCUT2D eigenvalue weighted by Gasteiger charge is -2.03. The molecule has 66 valence electrons. The van der Waals surface area contributed by atoms with Gasteiger partial charge in [0, 0.05) is 17.5 Å². The fraction of sp³-hybridized carbons (Fsp3) is 0.200. The number of hydrogen-bond acceptors (Lipinski definition) is 2. The van der Waals surface area contributed by atoms with Gasteiger partial charge in [-0.05, 0) is 26.0 Å². The van der Waals surface area contributed by atoms with Crippen LogP contribution in [0.15, 0.2) is 29.1 Å². The molecule has 0 spiro atoms. The molecule has 0 aliphatic heterocycles. The molecule has 2 aromatic rings. The van der Waals surface area contributed by atoms with E-state index in [1.54, 1.807) is 10.5 Å². The van der Waals surface area contributed by atoms with E-state index >= 15 is 0 Å². The van der Waals surface area contributed by atoms with Crippen LogP contribution in [0.2, 0.25) is 0 Å². The number of pyridine rings is 1. The van der Waals surface area contributed by atoms with Gasteiger partial charge in [0.1, 0.15) is 5.65 Å². The molecule has 0 N–H and O–H groups in total. The van der Waals surface area contributed by atoms with Crippen molar-refractivity contribution in [3.8, 4) is 0 Å². The second-order valence-corrected chi connectivity index (χ2v) is 3.10. The first-order valence-electron chi connectivity index (χ1n) is 4.14. The van der Waals surface area contributed by atoms with Gasteiger partial charge >= 0.3 is 0 Å². The number of rotatable bonds is 0. The molecule has 0 fully saturated rings. The highest BCUT2D eigenvalue weighted by atomic mass is 16.1. The summed E-state index contributed by atoms with van der Waals surface area (Å²) in [6.07, 6.45) is 0. The highest BCUT2D eigenvalue weighted by Gasteiger charge is 1.99. The van der Waals surface area contributed by atoms with E-state index < -0.39 is 0 Å². The van der Waals surface area contributed by atoms with Crippen LogP contribution in [0, 0.1) is 13.8 Å². The maximum Gasteiger partial charge on any atom is 0.258 e. The molecule has 0 radical (unpaired) electrons. The number of nitrogens with zero attached hydrogens (tertiary/aromatic N) is 2. The molecule has 0 atom stereocenters. The maximum atomic E-state index is 11.5. The van der Waals surface area contributed by atoms with Gasteiger partial charge in [-0.15, -0.1) is 0 Å². The third kappa shape index (κ3) is 1.22. The van der Waals surface area contributed by atoms with E-state index in [4.69, 9.17) is 0 Å². The van der Waals surface area contributed by atoms with E-state index in [0.29, 0.717) is 5.65 Å². The highest BCUT2D eigenvalue weighted by Crippen LogP contribution is 2.01. The molecule has 0 saturated carbocycles. The van der Waals surface area contributed by atoms with E-state index in [9.17, 15) is 4.79 Å². The van der Waals surface area contributed by atoms with Crippen molar-refractivity contribution in [1.29, 1.82) is 0 Å². The van der Waals surface area contributed by atoms with Crippen molar-refractivity contribution >= 4 is 5.65 Å². The molecule has 0 aliphatic rings. The molecule has 0 amide bonds. The SMILES string of the molecule is Cc1cc(=O)n2c(C)cccc2n1. The lowest BCUT2D eigenvalue weighted by molar-refractivity contribution is 0.972. The van der Waals surface area contributed by atoms with Crippen LogP contribution in [0.4, 0.5) is 0 Å². The zero-order chi connectivity index (χ0) is 9.42. The quantitative estimate of drug-likeness (QED) is 0.603. The largest absolute Gasteiger partial charge is 0.269 e. The molecular formula is C10H10N2O. The van der Waals surface area contributed by atoms with Gasteiger partial charge in [0.2, 0.25) is 0 Å². The van der Waals surface area contributed by atoms with Gasteiger partial charge in [-0.25, -0.2) is 4.98 Å². The van der Waals surface area contributed by atoms with E-state index in [-0.39, 0.29) is 5.56 Å². The average molecular weight is 174 g/mol. The smallest absolute Gasteiger partial charge is 0.258 e. The van der Waals surface area contributed by atoms with Gasteiger partial charge in [0.25, 0.3) is 5.56 Å². The van der Waals surface area contributed by atoms with Gasteiger partial charge in [0.05, 0.1) is 0 Å². The van der Waals surface area contributed by atoms with Crippen LogP contribution >= 0.6 is 0 Å². The van der Waals surface area contributed by atoms with Gasteiger partial charge in [-0.3, -0.25) is 9.20 Å². The molecule has 2 heterocycles. The summed E-state index contributed by atoms with van der Waals surface area (Å²) in [6, 6.07) is 7.17. The summed E-state index contributed by atoms with van der Waals surface area (Å²) in [5.41, 5.74) is 2.37. The first-order chi connectivity index (χ1) is 6.18. The van der Waals surface area contributed by atoms with Gasteiger partial charge in [0.15, 0.2) is 0 Å². The Morgan fingerprint density at radius 2 is 2.08 bits per heavy atom. The summed E-state index contributed by atoms with van der Waals surface area (Å²) in [6.45, 7) is 3.72. The molecule has 2 aromatic heterocycles. The molecule has 3 nitrogen and oxygen atoms in total. The zero-order valence-corrected chi connectivity index (χ0v) is 7.61. The van der Waals surface area contributed by atoms with Crippen LogP contribution in [0.1, 0.15) is 11.4 Å². The molecule has 3 heteroatoms. The van der Waals surface area contributed by atoms with Crippen molar-refractivity contribution in [2.75, 3.05) is 0 Å². The number of fused-ring (bicyclic) bond motifs is 1. The molecule has 13 heavy (non-hydrogen) atoms.